The van der Waals surface area contributed by atoms with Gasteiger partial charge in [-0.15, -0.1) is 0 Å². The Morgan fingerprint density at radius 1 is 1.04 bits per heavy atom. The Bertz CT molecular complexity index is 732. The molecule has 0 heterocycles. The van der Waals surface area contributed by atoms with Crippen molar-refractivity contribution in [2.24, 2.45) is 0 Å². The summed E-state index contributed by atoms with van der Waals surface area (Å²) in [5, 5.41) is 9.38. The molecule has 5 nitrogen and oxygen atoms in total. The number of ether oxygens (including phenoxy) is 2. The first kappa shape index (κ1) is 16.5. The van der Waals surface area contributed by atoms with E-state index in [2.05, 4.69) is 0 Å². The van der Waals surface area contributed by atoms with E-state index in [-0.39, 0.29) is 13.2 Å². The highest BCUT2D eigenvalue weighted by Gasteiger charge is 2.27. The third-order valence-corrected chi connectivity index (χ3v) is 3.42. The largest absolute Gasteiger partial charge is 0.465 e. The van der Waals surface area contributed by atoms with Crippen LogP contribution in [0.15, 0.2) is 36.4 Å². The predicted octanol–water partition coefficient (Wildman–Crippen LogP) is 3.14. The average molecular weight is 311 g/mol. The normalized spacial score (nSPS) is 11.5. The molecule has 1 atom stereocenters. The maximum atomic E-state index is 12.0. The molecular weight excluding hydrogens is 294 g/mol. The van der Waals surface area contributed by atoms with Crippen LogP contribution in [-0.2, 0) is 14.3 Å². The number of esters is 2. The van der Waals surface area contributed by atoms with Crippen LogP contribution >= 0.6 is 0 Å². The molecule has 0 aromatic heterocycles. The van der Waals surface area contributed by atoms with E-state index < -0.39 is 17.9 Å². The second-order valence-electron chi connectivity index (χ2n) is 4.78. The molecular formula is C18H17NO4. The van der Waals surface area contributed by atoms with Gasteiger partial charge in [0.05, 0.1) is 24.8 Å². The lowest BCUT2D eigenvalue weighted by Crippen LogP contribution is -2.14. The van der Waals surface area contributed by atoms with Gasteiger partial charge in [-0.3, -0.25) is 4.79 Å². The van der Waals surface area contributed by atoms with Crippen molar-refractivity contribution >= 4 is 11.9 Å². The molecule has 2 rings (SSSR count). The van der Waals surface area contributed by atoms with E-state index >= 15 is 0 Å². The Labute approximate surface area is 134 Å². The number of rotatable bonds is 5. The highest BCUT2D eigenvalue weighted by Crippen LogP contribution is 2.34. The van der Waals surface area contributed by atoms with Crippen molar-refractivity contribution in [1.29, 1.82) is 5.26 Å². The van der Waals surface area contributed by atoms with Crippen LogP contribution in [0.25, 0.3) is 11.1 Å². The number of hydrogen-bond donors (Lipinski definition) is 0. The monoisotopic (exact) mass is 311 g/mol. The summed E-state index contributed by atoms with van der Waals surface area (Å²) in [4.78, 5) is 24.1. The fraction of sp³-hybridized carbons (Fsp3) is 0.278. The average Bonchev–Trinajstić information content (AvgIpc) is 2.84. The van der Waals surface area contributed by atoms with Gasteiger partial charge in [0.15, 0.2) is 5.92 Å². The molecule has 0 bridgehead atoms. The van der Waals surface area contributed by atoms with Crippen LogP contribution in [0.4, 0.5) is 0 Å². The summed E-state index contributed by atoms with van der Waals surface area (Å²) in [5.41, 5.74) is 2.24. The molecule has 0 amide bonds. The molecule has 5 heteroatoms. The zero-order valence-electron chi connectivity index (χ0n) is 13.0. The topological polar surface area (TPSA) is 76.4 Å². The second-order valence-corrected chi connectivity index (χ2v) is 4.78. The maximum absolute atomic E-state index is 12.0. The molecule has 0 saturated heterocycles. The van der Waals surface area contributed by atoms with Crippen LogP contribution in [-0.4, -0.2) is 25.2 Å². The Hall–Kier alpha value is -2.87. The van der Waals surface area contributed by atoms with Crippen molar-refractivity contribution in [3.63, 3.8) is 0 Å². The quantitative estimate of drug-likeness (QED) is 0.793. The van der Waals surface area contributed by atoms with Crippen LogP contribution in [0.2, 0.25) is 0 Å². The van der Waals surface area contributed by atoms with Crippen LogP contribution in [0.5, 0.6) is 0 Å². The third-order valence-electron chi connectivity index (χ3n) is 3.42. The molecule has 0 aromatic carbocycles. The zero-order chi connectivity index (χ0) is 16.8. The first-order chi connectivity index (χ1) is 11.1. The Morgan fingerprint density at radius 2 is 1.74 bits per heavy atom. The van der Waals surface area contributed by atoms with Crippen molar-refractivity contribution in [3.8, 4) is 17.2 Å². The van der Waals surface area contributed by atoms with Crippen LogP contribution in [0.3, 0.4) is 0 Å². The molecule has 0 fully saturated rings. The molecule has 118 valence electrons. The number of fused-ring (bicyclic) bond motifs is 1. The third kappa shape index (κ3) is 3.32. The van der Waals surface area contributed by atoms with E-state index in [9.17, 15) is 14.9 Å². The number of carbonyl (C=O) groups excluding carboxylic acids is 2. The SMILES string of the molecule is CCOC(=O)c1ccc2c(C(C#N)C(=O)OCC)ccccc1-2. The van der Waals surface area contributed by atoms with Gasteiger partial charge in [-0.25, -0.2) is 4.79 Å². The minimum absolute atomic E-state index is 0.203. The lowest BCUT2D eigenvalue weighted by Gasteiger charge is -2.11. The highest BCUT2D eigenvalue weighted by atomic mass is 16.5. The highest BCUT2D eigenvalue weighted by molar-refractivity contribution is 6.00. The van der Waals surface area contributed by atoms with Crippen molar-refractivity contribution < 1.29 is 19.1 Å². The molecule has 0 aromatic rings. The standard InChI is InChI=1S/C18H17NO4/c1-3-22-17(20)15-10-9-14-12(15)7-5-6-8-13(14)16(11-19)18(21)23-4-2/h5-10,16H,3-4H2,1-2H3. The molecule has 23 heavy (non-hydrogen) atoms. The smallest absolute Gasteiger partial charge is 0.338 e. The first-order valence-electron chi connectivity index (χ1n) is 7.39. The lowest BCUT2D eigenvalue weighted by atomic mass is 9.95. The summed E-state index contributed by atoms with van der Waals surface area (Å²) >= 11 is 0. The lowest BCUT2D eigenvalue weighted by molar-refractivity contribution is -0.143. The summed E-state index contributed by atoms with van der Waals surface area (Å²) < 4.78 is 10.0. The minimum Gasteiger partial charge on any atom is -0.465 e. The molecule has 0 aliphatic heterocycles. The zero-order valence-corrected chi connectivity index (χ0v) is 13.0. The first-order valence-corrected chi connectivity index (χ1v) is 7.39. The van der Waals surface area contributed by atoms with Gasteiger partial charge >= 0.3 is 11.9 Å². The van der Waals surface area contributed by atoms with Crippen LogP contribution in [0, 0.1) is 11.3 Å². The van der Waals surface area contributed by atoms with Gasteiger partial charge in [0.1, 0.15) is 0 Å². The van der Waals surface area contributed by atoms with E-state index in [0.29, 0.717) is 22.3 Å². The fourth-order valence-electron chi connectivity index (χ4n) is 2.44. The van der Waals surface area contributed by atoms with Crippen molar-refractivity contribution in [2.75, 3.05) is 13.2 Å². The van der Waals surface area contributed by atoms with Gasteiger partial charge in [0, 0.05) is 0 Å². The fourth-order valence-corrected chi connectivity index (χ4v) is 2.44. The van der Waals surface area contributed by atoms with Crippen molar-refractivity contribution in [2.45, 2.75) is 19.8 Å². The molecule has 1 unspecified atom stereocenters. The van der Waals surface area contributed by atoms with Gasteiger partial charge in [0.25, 0.3) is 0 Å². The van der Waals surface area contributed by atoms with Crippen LogP contribution < -0.4 is 0 Å². The molecule has 0 radical (unpaired) electrons. The number of hydrogen-bond acceptors (Lipinski definition) is 5. The summed E-state index contributed by atoms with van der Waals surface area (Å²) in [6.45, 7) is 3.91. The van der Waals surface area contributed by atoms with E-state index in [0.717, 1.165) is 0 Å². The number of nitriles is 1. The van der Waals surface area contributed by atoms with Crippen molar-refractivity contribution in [1.82, 2.24) is 0 Å². The van der Waals surface area contributed by atoms with Gasteiger partial charge in [-0.2, -0.15) is 5.26 Å². The number of carbonyl (C=O) groups is 2. The molecule has 2 aliphatic carbocycles. The summed E-state index contributed by atoms with van der Waals surface area (Å²) in [5.74, 6) is -2.06. The Kier molecular flexibility index (Phi) is 5.32. The second kappa shape index (κ2) is 7.41. The summed E-state index contributed by atoms with van der Waals surface area (Å²) in [6.07, 6.45) is 0. The van der Waals surface area contributed by atoms with E-state index in [1.807, 2.05) is 6.07 Å². The van der Waals surface area contributed by atoms with E-state index in [1.54, 1.807) is 50.2 Å². The minimum atomic E-state index is -1.04. The Balaban J connectivity index is 2.51. The molecule has 0 N–H and O–H groups in total. The maximum Gasteiger partial charge on any atom is 0.338 e. The van der Waals surface area contributed by atoms with E-state index in [1.165, 1.54) is 0 Å². The molecule has 0 saturated carbocycles. The number of nitrogens with zero attached hydrogens (tertiary/aromatic N) is 1. The van der Waals surface area contributed by atoms with Gasteiger partial charge in [-0.1, -0.05) is 30.3 Å². The van der Waals surface area contributed by atoms with Crippen molar-refractivity contribution in [3.05, 3.63) is 47.5 Å². The summed E-state index contributed by atoms with van der Waals surface area (Å²) in [6, 6.07) is 12.3. The van der Waals surface area contributed by atoms with Gasteiger partial charge < -0.3 is 9.47 Å². The van der Waals surface area contributed by atoms with Gasteiger partial charge in [-0.05, 0) is 36.6 Å². The molecule has 2 aliphatic rings. The molecule has 0 spiro atoms. The Morgan fingerprint density at radius 3 is 2.39 bits per heavy atom. The van der Waals surface area contributed by atoms with Crippen LogP contribution in [0.1, 0.15) is 35.7 Å². The predicted molar refractivity (Wildman–Crippen MR) is 84.0 cm³/mol. The van der Waals surface area contributed by atoms with E-state index in [4.69, 9.17) is 9.47 Å². The summed E-state index contributed by atoms with van der Waals surface area (Å²) in [7, 11) is 0. The van der Waals surface area contributed by atoms with Gasteiger partial charge in [0.2, 0.25) is 0 Å².